The second-order valence-electron chi connectivity index (χ2n) is 2.84. The Morgan fingerprint density at radius 3 is 1.60 bits per heavy atom. The lowest BCUT2D eigenvalue weighted by Gasteiger charge is -1.92. The summed E-state index contributed by atoms with van der Waals surface area (Å²) in [5.74, 6) is 2.55. The Balaban J connectivity index is 0.000000162. The van der Waals surface area contributed by atoms with Gasteiger partial charge in [-0.3, -0.25) is 0 Å². The van der Waals surface area contributed by atoms with Crippen LogP contribution in [0.5, 0.6) is 0 Å². The Hall–Kier alpha value is -1.78. The first-order chi connectivity index (χ1) is 7.34. The average molecular weight is 207 g/mol. The topological polar surface area (TPSA) is 0 Å². The summed E-state index contributed by atoms with van der Waals surface area (Å²) in [5.41, 5.74) is 0.897. The van der Waals surface area contributed by atoms with Gasteiger partial charge in [-0.25, -0.2) is 0 Å². The van der Waals surface area contributed by atoms with Gasteiger partial charge in [0.05, 0.1) is 10.2 Å². The van der Waals surface area contributed by atoms with Crippen molar-refractivity contribution in [2.75, 3.05) is 0 Å². The monoisotopic (exact) mass is 207 g/mol. The predicted molar refractivity (Wildman–Crippen MR) is 66.2 cm³/mol. The average Bonchev–Trinajstić information content (AvgIpc) is 2.33. The first-order valence-electron chi connectivity index (χ1n) is 4.62. The van der Waals surface area contributed by atoms with Gasteiger partial charge in [0, 0.05) is 5.56 Å². The highest BCUT2D eigenvalue weighted by Crippen LogP contribution is 1.89. The van der Waals surface area contributed by atoms with Gasteiger partial charge in [0.2, 0.25) is 0 Å². The van der Waals surface area contributed by atoms with Gasteiger partial charge in [-0.05, 0) is 6.07 Å². The molecule has 0 saturated carbocycles. The summed E-state index contributed by atoms with van der Waals surface area (Å²) in [4.78, 5) is 0. The molecule has 0 unspecified atom stereocenters. The van der Waals surface area contributed by atoms with E-state index in [0.717, 1.165) is 10.8 Å². The molecule has 0 aliphatic rings. The Kier molecular flexibility index (Phi) is 5.00. The van der Waals surface area contributed by atoms with Crippen LogP contribution >= 0.6 is 0 Å². The molecule has 3 radical (unpaired) electrons. The van der Waals surface area contributed by atoms with Crippen LogP contribution in [-0.4, -0.2) is 10.2 Å². The maximum atomic E-state index is 5.17. The largest absolute Gasteiger partial charge is 0.115 e. The zero-order chi connectivity index (χ0) is 10.9. The highest BCUT2D eigenvalue weighted by atomic mass is 28.1. The smallest absolute Gasteiger partial charge is 0.0729 e. The van der Waals surface area contributed by atoms with E-state index in [1.54, 1.807) is 0 Å². The number of hydrogen-bond acceptors (Lipinski definition) is 0. The predicted octanol–water partition coefficient (Wildman–Crippen LogP) is 2.15. The van der Waals surface area contributed by atoms with Gasteiger partial charge in [0.15, 0.2) is 0 Å². The Labute approximate surface area is 94.4 Å². The minimum absolute atomic E-state index is 0.897. The van der Waals surface area contributed by atoms with E-state index in [1.165, 1.54) is 0 Å². The molecule has 0 atom stereocenters. The molecule has 0 saturated heterocycles. The zero-order valence-electron chi connectivity index (χ0n) is 8.35. The van der Waals surface area contributed by atoms with Crippen molar-refractivity contribution in [1.82, 2.24) is 0 Å². The minimum Gasteiger partial charge on any atom is -0.115 e. The van der Waals surface area contributed by atoms with E-state index < -0.39 is 0 Å². The first kappa shape index (κ1) is 11.3. The summed E-state index contributed by atoms with van der Waals surface area (Å²) in [6.45, 7) is 0. The Morgan fingerprint density at radius 1 is 0.800 bits per heavy atom. The second kappa shape index (κ2) is 6.64. The molecule has 0 fully saturated rings. The van der Waals surface area contributed by atoms with Crippen LogP contribution in [0.2, 0.25) is 0 Å². The fraction of sp³-hybridized carbons (Fsp3) is 0. The normalized spacial score (nSPS) is 8.27. The molecule has 0 N–H and O–H groups in total. The van der Waals surface area contributed by atoms with Crippen molar-refractivity contribution >= 4 is 15.4 Å². The molecule has 2 rings (SSSR count). The number of benzene rings is 2. The first-order valence-corrected chi connectivity index (χ1v) is 5.12. The molecule has 15 heavy (non-hydrogen) atoms. The lowest BCUT2D eigenvalue weighted by molar-refractivity contribution is 1.71. The van der Waals surface area contributed by atoms with E-state index in [1.807, 2.05) is 60.7 Å². The summed E-state index contributed by atoms with van der Waals surface area (Å²) >= 11 is 0. The van der Waals surface area contributed by atoms with E-state index in [4.69, 9.17) is 6.42 Å². The summed E-state index contributed by atoms with van der Waals surface area (Å²) in [5, 5.41) is 0.972. The van der Waals surface area contributed by atoms with Gasteiger partial charge < -0.3 is 0 Å². The van der Waals surface area contributed by atoms with Gasteiger partial charge in [0.25, 0.3) is 0 Å². The minimum atomic E-state index is 0.897. The van der Waals surface area contributed by atoms with Gasteiger partial charge in [-0.1, -0.05) is 65.7 Å². The summed E-state index contributed by atoms with van der Waals surface area (Å²) in [6, 6.07) is 19.7. The molecule has 0 aliphatic heterocycles. The molecule has 0 bridgehead atoms. The molecule has 0 aromatic heterocycles. The molecule has 0 amide bonds. The highest BCUT2D eigenvalue weighted by Gasteiger charge is 1.87. The van der Waals surface area contributed by atoms with Crippen molar-refractivity contribution in [1.29, 1.82) is 0 Å². The van der Waals surface area contributed by atoms with E-state index in [-0.39, 0.29) is 0 Å². The molecular weight excluding hydrogens is 196 g/mol. The van der Waals surface area contributed by atoms with Crippen LogP contribution in [0.1, 0.15) is 5.56 Å². The number of hydrogen-bond donors (Lipinski definition) is 0. The SMILES string of the molecule is C#Cc1ccccc1[Si].c1ccccc1. The molecule has 2 aromatic rings. The van der Waals surface area contributed by atoms with Gasteiger partial charge in [0.1, 0.15) is 0 Å². The van der Waals surface area contributed by atoms with Crippen LogP contribution in [0.3, 0.4) is 0 Å². The Bertz CT molecular complexity index is 400. The third-order valence-electron chi connectivity index (χ3n) is 1.75. The lowest BCUT2D eigenvalue weighted by atomic mass is 10.2. The molecule has 0 nitrogen and oxygen atoms in total. The maximum Gasteiger partial charge on any atom is 0.0729 e. The van der Waals surface area contributed by atoms with E-state index in [0.29, 0.717) is 0 Å². The van der Waals surface area contributed by atoms with E-state index >= 15 is 0 Å². The van der Waals surface area contributed by atoms with Crippen LogP contribution in [0.25, 0.3) is 0 Å². The van der Waals surface area contributed by atoms with Crippen LogP contribution in [0.15, 0.2) is 60.7 Å². The summed E-state index contributed by atoms with van der Waals surface area (Å²) < 4.78 is 0. The Morgan fingerprint density at radius 2 is 1.27 bits per heavy atom. The van der Waals surface area contributed by atoms with Gasteiger partial charge in [-0.15, -0.1) is 6.42 Å². The van der Waals surface area contributed by atoms with Crippen LogP contribution in [-0.2, 0) is 0 Å². The van der Waals surface area contributed by atoms with Crippen molar-refractivity contribution < 1.29 is 0 Å². The molecule has 1 heteroatoms. The van der Waals surface area contributed by atoms with E-state index in [2.05, 4.69) is 16.2 Å². The number of terminal acetylenes is 1. The van der Waals surface area contributed by atoms with Crippen LogP contribution in [0.4, 0.5) is 0 Å². The second-order valence-corrected chi connectivity index (χ2v) is 3.38. The molecule has 0 heterocycles. The maximum absolute atomic E-state index is 5.17. The standard InChI is InChI=1S/C8H5Si.C6H6/c1-2-7-5-3-4-6-8(7)9;1-2-4-6-5-3-1/h1,3-6H;1-6H. The van der Waals surface area contributed by atoms with Gasteiger partial charge >= 0.3 is 0 Å². The lowest BCUT2D eigenvalue weighted by Crippen LogP contribution is -2.05. The van der Waals surface area contributed by atoms with E-state index in [9.17, 15) is 0 Å². The number of rotatable bonds is 0. The fourth-order valence-corrected chi connectivity index (χ4v) is 1.25. The molecule has 0 aliphatic carbocycles. The molecule has 71 valence electrons. The fourth-order valence-electron chi connectivity index (χ4n) is 0.994. The highest BCUT2D eigenvalue weighted by molar-refractivity contribution is 6.33. The van der Waals surface area contributed by atoms with Crippen molar-refractivity contribution in [2.45, 2.75) is 0 Å². The third kappa shape index (κ3) is 4.30. The van der Waals surface area contributed by atoms with Gasteiger partial charge in [-0.2, -0.15) is 0 Å². The van der Waals surface area contributed by atoms with Crippen molar-refractivity contribution in [3.8, 4) is 12.3 Å². The molecule has 0 spiro atoms. The van der Waals surface area contributed by atoms with Crippen molar-refractivity contribution in [3.63, 3.8) is 0 Å². The summed E-state index contributed by atoms with van der Waals surface area (Å²) in [7, 11) is 3.36. The zero-order valence-corrected chi connectivity index (χ0v) is 9.35. The van der Waals surface area contributed by atoms with Crippen LogP contribution < -0.4 is 5.19 Å². The summed E-state index contributed by atoms with van der Waals surface area (Å²) in [6.07, 6.45) is 5.17. The van der Waals surface area contributed by atoms with Crippen molar-refractivity contribution in [2.24, 2.45) is 0 Å². The molecule has 2 aromatic carbocycles. The van der Waals surface area contributed by atoms with Crippen LogP contribution in [0, 0.1) is 12.3 Å². The quantitative estimate of drug-likeness (QED) is 0.459. The third-order valence-corrected chi connectivity index (χ3v) is 2.19. The van der Waals surface area contributed by atoms with Crippen molar-refractivity contribution in [3.05, 3.63) is 66.2 Å². The molecular formula is C14H11Si.